The highest BCUT2D eigenvalue weighted by Gasteiger charge is 2.36. The summed E-state index contributed by atoms with van der Waals surface area (Å²) in [5, 5.41) is 2.92. The van der Waals surface area contributed by atoms with Crippen molar-refractivity contribution >= 4 is 27.6 Å². The smallest absolute Gasteiger partial charge is 0.334 e. The Morgan fingerprint density at radius 2 is 1.75 bits per heavy atom. The van der Waals surface area contributed by atoms with Crippen molar-refractivity contribution in [3.63, 3.8) is 0 Å². The number of fused-ring (bicyclic) bond motifs is 2. The summed E-state index contributed by atoms with van der Waals surface area (Å²) >= 11 is 0. The van der Waals surface area contributed by atoms with Crippen molar-refractivity contribution in [2.45, 2.75) is 70.8 Å². The van der Waals surface area contributed by atoms with Gasteiger partial charge < -0.3 is 10.1 Å². The number of anilines is 1. The molecule has 8 nitrogen and oxygen atoms in total. The molecule has 0 spiro atoms. The lowest BCUT2D eigenvalue weighted by Crippen LogP contribution is -2.50. The maximum absolute atomic E-state index is 13.4. The first kappa shape index (κ1) is 21.5. The molecule has 0 radical (unpaired) electrons. The molecule has 2 aliphatic carbocycles. The van der Waals surface area contributed by atoms with Crippen molar-refractivity contribution in [2.24, 2.45) is 4.99 Å². The third-order valence-electron chi connectivity index (χ3n) is 6.83. The fourth-order valence-electron chi connectivity index (χ4n) is 5.36. The van der Waals surface area contributed by atoms with Crippen molar-refractivity contribution in [2.75, 3.05) is 18.5 Å². The van der Waals surface area contributed by atoms with E-state index < -0.39 is 16.2 Å². The van der Waals surface area contributed by atoms with Crippen LogP contribution >= 0.6 is 0 Å². The number of rotatable bonds is 5. The van der Waals surface area contributed by atoms with E-state index in [1.807, 2.05) is 6.92 Å². The molecular weight excluding hydrogens is 428 g/mol. The largest absolute Gasteiger partial charge is 0.381 e. The topological polar surface area (TPSA) is 100 Å². The monoisotopic (exact) mass is 458 g/mol. The fraction of sp³-hybridized carbons (Fsp3) is 0.565. The zero-order valence-corrected chi connectivity index (χ0v) is 19.3. The van der Waals surface area contributed by atoms with Crippen LogP contribution in [0.2, 0.25) is 0 Å². The summed E-state index contributed by atoms with van der Waals surface area (Å²) in [5.74, 6) is 0.385. The molecule has 1 saturated heterocycles. The number of carbonyl (C=O) groups excluding carboxylic acids is 1. The van der Waals surface area contributed by atoms with Crippen LogP contribution in [0.4, 0.5) is 10.5 Å². The van der Waals surface area contributed by atoms with E-state index >= 15 is 0 Å². The molecule has 0 saturated carbocycles. The number of nitrogens with zero attached hydrogens (tertiary/aromatic N) is 2. The third-order valence-corrected chi connectivity index (χ3v) is 8.27. The van der Waals surface area contributed by atoms with Crippen molar-refractivity contribution in [1.82, 2.24) is 9.03 Å². The van der Waals surface area contributed by atoms with E-state index in [4.69, 9.17) is 4.74 Å². The van der Waals surface area contributed by atoms with Gasteiger partial charge in [0.05, 0.1) is 6.04 Å². The Labute approximate surface area is 189 Å². The van der Waals surface area contributed by atoms with Crippen molar-refractivity contribution in [3.05, 3.63) is 40.2 Å². The van der Waals surface area contributed by atoms with E-state index in [0.717, 1.165) is 49.9 Å². The van der Waals surface area contributed by atoms with Gasteiger partial charge in [-0.2, -0.15) is 8.42 Å². The standard InChI is InChI=1S/C23H30N4O4S/c1-15-8-9-21(24-15)27(18-10-12-31-13-11-18)32(29,30)26-23(28)25-22-19-6-2-4-16(19)14-17-5-3-7-20(17)22/h9,14,18H,2-8,10-13H2,1H3,(H2,25,26,28). The normalized spacial score (nSPS) is 20.4. The maximum Gasteiger partial charge on any atom is 0.334 e. The Morgan fingerprint density at radius 1 is 1.09 bits per heavy atom. The summed E-state index contributed by atoms with van der Waals surface area (Å²) in [6, 6.07) is 1.28. The first-order chi connectivity index (χ1) is 15.4. The summed E-state index contributed by atoms with van der Waals surface area (Å²) in [6.07, 6.45) is 9.53. The number of benzene rings is 1. The van der Waals surface area contributed by atoms with Crippen LogP contribution in [0.3, 0.4) is 0 Å². The molecule has 2 aliphatic heterocycles. The van der Waals surface area contributed by atoms with E-state index in [9.17, 15) is 13.2 Å². The number of carbonyl (C=O) groups is 1. The lowest BCUT2D eigenvalue weighted by Gasteiger charge is -2.34. The number of hydrogen-bond acceptors (Lipinski definition) is 5. The number of hydrogen-bond donors (Lipinski definition) is 2. The van der Waals surface area contributed by atoms with Gasteiger partial charge in [0.1, 0.15) is 5.82 Å². The van der Waals surface area contributed by atoms with Crippen LogP contribution in [0.1, 0.15) is 61.3 Å². The SMILES string of the molecule is CC1=NC(N(C2CCOCC2)S(=O)(=O)NC(=O)Nc2c3c(cc4c2CCC4)CCC3)=CC1. The number of allylic oxidation sites excluding steroid dienone is 1. The van der Waals surface area contributed by atoms with Gasteiger partial charge in [0, 0.05) is 31.0 Å². The van der Waals surface area contributed by atoms with E-state index in [1.165, 1.54) is 26.6 Å². The summed E-state index contributed by atoms with van der Waals surface area (Å²) in [7, 11) is -4.14. The van der Waals surface area contributed by atoms with E-state index in [0.29, 0.717) is 38.3 Å². The molecule has 1 aromatic rings. The number of aliphatic imine (C=N–C) groups is 1. The van der Waals surface area contributed by atoms with Gasteiger partial charge in [-0.1, -0.05) is 6.07 Å². The lowest BCUT2D eigenvalue weighted by atomic mass is 9.99. The van der Waals surface area contributed by atoms with Gasteiger partial charge in [0.2, 0.25) is 0 Å². The molecule has 0 unspecified atom stereocenters. The molecule has 0 aromatic heterocycles. The Hall–Kier alpha value is -2.39. The predicted octanol–water partition coefficient (Wildman–Crippen LogP) is 3.22. The lowest BCUT2D eigenvalue weighted by molar-refractivity contribution is 0.0642. The molecular formula is C23H30N4O4S. The molecule has 4 aliphatic rings. The number of ether oxygens (including phenoxy) is 1. The quantitative estimate of drug-likeness (QED) is 0.708. The molecule has 1 aromatic carbocycles. The Balaban J connectivity index is 1.40. The second-order valence-electron chi connectivity index (χ2n) is 9.05. The minimum absolute atomic E-state index is 0.292. The summed E-state index contributed by atoms with van der Waals surface area (Å²) in [5.41, 5.74) is 6.58. The minimum Gasteiger partial charge on any atom is -0.381 e. The molecule has 9 heteroatoms. The molecule has 2 amide bonds. The molecule has 2 N–H and O–H groups in total. The summed E-state index contributed by atoms with van der Waals surface area (Å²) < 4.78 is 35.8. The first-order valence-corrected chi connectivity index (χ1v) is 13.0. The molecule has 5 rings (SSSR count). The van der Waals surface area contributed by atoms with Crippen LogP contribution in [-0.2, 0) is 40.6 Å². The van der Waals surface area contributed by atoms with Gasteiger partial charge in [-0.15, -0.1) is 0 Å². The molecule has 2 heterocycles. The Morgan fingerprint density at radius 3 is 2.34 bits per heavy atom. The highest BCUT2D eigenvalue weighted by molar-refractivity contribution is 7.87. The maximum atomic E-state index is 13.4. The Bertz CT molecular complexity index is 1070. The molecule has 0 atom stereocenters. The summed E-state index contributed by atoms with van der Waals surface area (Å²) in [6.45, 7) is 2.84. The van der Waals surface area contributed by atoms with Crippen LogP contribution < -0.4 is 10.0 Å². The minimum atomic E-state index is -4.14. The molecule has 1 fully saturated rings. The average molecular weight is 459 g/mol. The number of urea groups is 1. The van der Waals surface area contributed by atoms with Gasteiger partial charge in [-0.3, -0.25) is 0 Å². The molecule has 172 valence electrons. The highest BCUT2D eigenvalue weighted by Crippen LogP contribution is 2.38. The van der Waals surface area contributed by atoms with Crippen LogP contribution in [0, 0.1) is 0 Å². The third kappa shape index (κ3) is 4.03. The van der Waals surface area contributed by atoms with Crippen LogP contribution in [0.25, 0.3) is 0 Å². The van der Waals surface area contributed by atoms with Crippen molar-refractivity contribution in [3.8, 4) is 0 Å². The molecule has 0 bridgehead atoms. The van der Waals surface area contributed by atoms with Crippen LogP contribution in [-0.4, -0.2) is 43.7 Å². The van der Waals surface area contributed by atoms with Gasteiger partial charge >= 0.3 is 16.2 Å². The number of aryl methyl sites for hydroxylation is 2. The number of nitrogens with one attached hydrogen (secondary N) is 2. The van der Waals surface area contributed by atoms with E-state index in [1.54, 1.807) is 6.08 Å². The second kappa shape index (κ2) is 8.51. The second-order valence-corrected chi connectivity index (χ2v) is 10.6. The van der Waals surface area contributed by atoms with E-state index in [-0.39, 0.29) is 6.04 Å². The molecule has 32 heavy (non-hydrogen) atoms. The van der Waals surface area contributed by atoms with Crippen molar-refractivity contribution in [1.29, 1.82) is 0 Å². The fourth-order valence-corrected chi connectivity index (χ4v) is 6.71. The predicted molar refractivity (Wildman–Crippen MR) is 123 cm³/mol. The summed E-state index contributed by atoms with van der Waals surface area (Å²) in [4.78, 5) is 17.4. The Kier molecular flexibility index (Phi) is 5.71. The first-order valence-electron chi connectivity index (χ1n) is 11.5. The highest BCUT2D eigenvalue weighted by atomic mass is 32.2. The van der Waals surface area contributed by atoms with Gasteiger partial charge in [0.25, 0.3) is 0 Å². The van der Waals surface area contributed by atoms with Crippen LogP contribution in [0.5, 0.6) is 0 Å². The zero-order valence-electron chi connectivity index (χ0n) is 18.4. The van der Waals surface area contributed by atoms with Crippen molar-refractivity contribution < 1.29 is 17.9 Å². The number of amides is 2. The van der Waals surface area contributed by atoms with Gasteiger partial charge in [0.15, 0.2) is 0 Å². The zero-order chi connectivity index (χ0) is 22.3. The van der Waals surface area contributed by atoms with E-state index in [2.05, 4.69) is 21.1 Å². The van der Waals surface area contributed by atoms with Gasteiger partial charge in [-0.05, 0) is 86.6 Å². The average Bonchev–Trinajstić information content (AvgIpc) is 3.49. The van der Waals surface area contributed by atoms with Crippen LogP contribution in [0.15, 0.2) is 23.0 Å². The van der Waals surface area contributed by atoms with Gasteiger partial charge in [-0.25, -0.2) is 18.8 Å².